The van der Waals surface area contributed by atoms with Gasteiger partial charge in [-0.15, -0.1) is 0 Å². The minimum atomic E-state index is -0.198. The number of hydrogen-bond donors (Lipinski definition) is 2. The number of hydrazone groups is 1. The van der Waals surface area contributed by atoms with Crippen molar-refractivity contribution in [2.45, 2.75) is 19.9 Å². The Morgan fingerprint density at radius 2 is 1.68 bits per heavy atom. The average Bonchev–Trinajstić information content (AvgIpc) is 2.80. The fourth-order valence-corrected chi connectivity index (χ4v) is 2.94. The van der Waals surface area contributed by atoms with Crippen LogP contribution in [0.4, 0.5) is 5.69 Å². The van der Waals surface area contributed by atoms with Crippen LogP contribution in [0.2, 0.25) is 0 Å². The lowest BCUT2D eigenvalue weighted by molar-refractivity contribution is -0.123. The molecule has 1 atom stereocenters. The first-order chi connectivity index (χ1) is 15.2. The highest BCUT2D eigenvalue weighted by Crippen LogP contribution is 2.28. The molecular formula is C25H27N3O3. The summed E-state index contributed by atoms with van der Waals surface area (Å²) in [6.45, 7) is 4.23. The predicted octanol–water partition coefficient (Wildman–Crippen LogP) is 4.79. The van der Waals surface area contributed by atoms with E-state index in [9.17, 15) is 4.79 Å². The summed E-state index contributed by atoms with van der Waals surface area (Å²) in [5, 5.41) is 7.18. The first-order valence-corrected chi connectivity index (χ1v) is 10.2. The molecule has 3 rings (SSSR count). The Bertz CT molecular complexity index is 991. The molecule has 6 nitrogen and oxygen atoms in total. The van der Waals surface area contributed by atoms with Crippen molar-refractivity contribution in [3.8, 4) is 11.5 Å². The van der Waals surface area contributed by atoms with Gasteiger partial charge in [0.2, 0.25) is 0 Å². The van der Waals surface area contributed by atoms with E-state index in [1.165, 1.54) is 0 Å². The van der Waals surface area contributed by atoms with Crippen molar-refractivity contribution in [2.75, 3.05) is 18.6 Å². The molecule has 0 radical (unpaired) electrons. The lowest BCUT2D eigenvalue weighted by Crippen LogP contribution is -2.31. The zero-order valence-electron chi connectivity index (χ0n) is 17.7. The van der Waals surface area contributed by atoms with Gasteiger partial charge in [-0.1, -0.05) is 48.5 Å². The maximum absolute atomic E-state index is 12.3. The molecule has 6 heteroatoms. The SMILES string of the molecule is CCOc1cc(C=NNc2ccccc2)ccc1OCC(=O)NC(C)c1ccccc1. The highest BCUT2D eigenvalue weighted by atomic mass is 16.5. The molecule has 0 spiro atoms. The van der Waals surface area contributed by atoms with Gasteiger partial charge >= 0.3 is 0 Å². The molecule has 3 aromatic carbocycles. The summed E-state index contributed by atoms with van der Waals surface area (Å²) in [5.41, 5.74) is 5.77. The second kappa shape index (κ2) is 11.4. The van der Waals surface area contributed by atoms with Crippen molar-refractivity contribution in [1.29, 1.82) is 0 Å². The Morgan fingerprint density at radius 3 is 2.39 bits per heavy atom. The topological polar surface area (TPSA) is 71.9 Å². The number of carbonyl (C=O) groups is 1. The third-order valence-electron chi connectivity index (χ3n) is 4.48. The predicted molar refractivity (Wildman–Crippen MR) is 124 cm³/mol. The van der Waals surface area contributed by atoms with Crippen LogP contribution >= 0.6 is 0 Å². The smallest absolute Gasteiger partial charge is 0.258 e. The molecule has 2 N–H and O–H groups in total. The van der Waals surface area contributed by atoms with E-state index >= 15 is 0 Å². The van der Waals surface area contributed by atoms with Crippen molar-refractivity contribution in [1.82, 2.24) is 5.32 Å². The van der Waals surface area contributed by atoms with Gasteiger partial charge in [0.25, 0.3) is 5.91 Å². The molecule has 0 bridgehead atoms. The van der Waals surface area contributed by atoms with Crippen LogP contribution in [0.1, 0.15) is 31.0 Å². The standard InChI is InChI=1S/C25H27N3O3/c1-3-30-24-16-20(17-26-28-22-12-8-5-9-13-22)14-15-23(24)31-18-25(29)27-19(2)21-10-6-4-7-11-21/h4-17,19,28H,3,18H2,1-2H3,(H,27,29). The van der Waals surface area contributed by atoms with Gasteiger partial charge in [-0.05, 0) is 55.3 Å². The summed E-state index contributed by atoms with van der Waals surface area (Å²) >= 11 is 0. The van der Waals surface area contributed by atoms with Gasteiger partial charge in [-0.2, -0.15) is 5.10 Å². The molecule has 160 valence electrons. The molecule has 0 aliphatic heterocycles. The van der Waals surface area contributed by atoms with Crippen molar-refractivity contribution < 1.29 is 14.3 Å². The summed E-state index contributed by atoms with van der Waals surface area (Å²) in [6, 6.07) is 24.9. The second-order valence-corrected chi connectivity index (χ2v) is 6.86. The number of nitrogens with zero attached hydrogens (tertiary/aromatic N) is 1. The summed E-state index contributed by atoms with van der Waals surface area (Å²) in [4.78, 5) is 12.3. The van der Waals surface area contributed by atoms with Crippen LogP contribution in [-0.2, 0) is 4.79 Å². The molecule has 0 aromatic heterocycles. The van der Waals surface area contributed by atoms with Crippen molar-refractivity contribution in [3.63, 3.8) is 0 Å². The fraction of sp³-hybridized carbons (Fsp3) is 0.200. The van der Waals surface area contributed by atoms with Crippen LogP contribution in [0.3, 0.4) is 0 Å². The number of para-hydroxylation sites is 1. The van der Waals surface area contributed by atoms with E-state index in [0.29, 0.717) is 18.1 Å². The number of benzene rings is 3. The van der Waals surface area contributed by atoms with E-state index in [4.69, 9.17) is 9.47 Å². The quantitative estimate of drug-likeness (QED) is 0.368. The summed E-state index contributed by atoms with van der Waals surface area (Å²) in [6.07, 6.45) is 1.70. The van der Waals surface area contributed by atoms with Crippen LogP contribution in [0.15, 0.2) is 84.0 Å². The summed E-state index contributed by atoms with van der Waals surface area (Å²) in [7, 11) is 0. The maximum Gasteiger partial charge on any atom is 0.258 e. The van der Waals surface area contributed by atoms with E-state index in [1.54, 1.807) is 12.3 Å². The van der Waals surface area contributed by atoms with Crippen LogP contribution in [0, 0.1) is 0 Å². The molecule has 3 aromatic rings. The molecule has 0 saturated heterocycles. The van der Waals surface area contributed by atoms with Gasteiger partial charge < -0.3 is 14.8 Å². The number of nitrogens with one attached hydrogen (secondary N) is 2. The maximum atomic E-state index is 12.3. The number of rotatable bonds is 10. The van der Waals surface area contributed by atoms with Crippen molar-refractivity contribution in [2.24, 2.45) is 5.10 Å². The third kappa shape index (κ3) is 6.89. The highest BCUT2D eigenvalue weighted by Gasteiger charge is 2.12. The molecule has 0 heterocycles. The first-order valence-electron chi connectivity index (χ1n) is 10.2. The first kappa shape index (κ1) is 21.9. The third-order valence-corrected chi connectivity index (χ3v) is 4.48. The average molecular weight is 418 g/mol. The van der Waals surface area contributed by atoms with Crippen molar-refractivity contribution >= 4 is 17.8 Å². The molecule has 0 aliphatic rings. The molecule has 31 heavy (non-hydrogen) atoms. The Labute approximate surface area is 182 Å². The van der Waals surface area contributed by atoms with Crippen LogP contribution in [0.5, 0.6) is 11.5 Å². The van der Waals surface area contributed by atoms with Gasteiger partial charge in [-0.25, -0.2) is 0 Å². The second-order valence-electron chi connectivity index (χ2n) is 6.86. The summed E-state index contributed by atoms with van der Waals surface area (Å²) < 4.78 is 11.4. The summed E-state index contributed by atoms with van der Waals surface area (Å²) in [5.74, 6) is 0.879. The van der Waals surface area contributed by atoms with E-state index < -0.39 is 0 Å². The molecule has 0 aliphatic carbocycles. The van der Waals surface area contributed by atoms with Crippen LogP contribution in [-0.4, -0.2) is 25.3 Å². The number of ether oxygens (including phenoxy) is 2. The molecule has 1 amide bonds. The van der Waals surface area contributed by atoms with E-state index in [2.05, 4.69) is 15.8 Å². The van der Waals surface area contributed by atoms with Gasteiger partial charge in [-0.3, -0.25) is 10.2 Å². The lowest BCUT2D eigenvalue weighted by Gasteiger charge is -2.16. The minimum Gasteiger partial charge on any atom is -0.490 e. The molecule has 0 saturated carbocycles. The zero-order chi connectivity index (χ0) is 21.9. The van der Waals surface area contributed by atoms with Crippen LogP contribution < -0.4 is 20.2 Å². The minimum absolute atomic E-state index is 0.0970. The zero-order valence-corrected chi connectivity index (χ0v) is 17.7. The molecular weight excluding hydrogens is 390 g/mol. The van der Waals surface area contributed by atoms with Gasteiger partial charge in [0.05, 0.1) is 24.6 Å². The van der Waals surface area contributed by atoms with E-state index in [0.717, 1.165) is 16.8 Å². The number of anilines is 1. The van der Waals surface area contributed by atoms with E-state index in [-0.39, 0.29) is 18.6 Å². The fourth-order valence-electron chi connectivity index (χ4n) is 2.94. The number of hydrogen-bond acceptors (Lipinski definition) is 5. The number of amides is 1. The monoisotopic (exact) mass is 417 g/mol. The van der Waals surface area contributed by atoms with Gasteiger partial charge in [0, 0.05) is 0 Å². The van der Waals surface area contributed by atoms with Gasteiger partial charge in [0.15, 0.2) is 18.1 Å². The Morgan fingerprint density at radius 1 is 0.968 bits per heavy atom. The number of carbonyl (C=O) groups excluding carboxylic acids is 1. The largest absolute Gasteiger partial charge is 0.490 e. The van der Waals surface area contributed by atoms with Crippen LogP contribution in [0.25, 0.3) is 0 Å². The molecule has 0 fully saturated rings. The Hall–Kier alpha value is -3.80. The Balaban J connectivity index is 1.58. The van der Waals surface area contributed by atoms with Crippen molar-refractivity contribution in [3.05, 3.63) is 90.0 Å². The lowest BCUT2D eigenvalue weighted by atomic mass is 10.1. The van der Waals surface area contributed by atoms with E-state index in [1.807, 2.05) is 86.6 Å². The Kier molecular flexibility index (Phi) is 8.05. The molecule has 1 unspecified atom stereocenters. The van der Waals surface area contributed by atoms with Gasteiger partial charge in [0.1, 0.15) is 0 Å². The highest BCUT2D eigenvalue weighted by molar-refractivity contribution is 5.82. The normalized spacial score (nSPS) is 11.7.